The minimum atomic E-state index is -0.433. The molecule has 0 atom stereocenters. The van der Waals surface area contributed by atoms with Crippen LogP contribution in [-0.2, 0) is 16.1 Å². The largest absolute Gasteiger partial charge is 0.494 e. The Kier molecular flexibility index (Phi) is 8.35. The molecule has 30 heavy (non-hydrogen) atoms. The maximum Gasteiger partial charge on any atom is 0.243 e. The molecule has 0 aliphatic rings. The van der Waals surface area contributed by atoms with Crippen molar-refractivity contribution in [3.8, 4) is 5.75 Å². The quantitative estimate of drug-likeness (QED) is 0.682. The Bertz CT molecular complexity index is 881. The second kappa shape index (κ2) is 10.7. The van der Waals surface area contributed by atoms with Crippen LogP contribution in [0.15, 0.2) is 36.4 Å². The van der Waals surface area contributed by atoms with E-state index in [9.17, 15) is 14.0 Å². The zero-order chi connectivity index (χ0) is 22.3. The molecule has 1 N–H and O–H groups in total. The van der Waals surface area contributed by atoms with Gasteiger partial charge in [-0.2, -0.15) is 0 Å². The summed E-state index contributed by atoms with van der Waals surface area (Å²) in [4.78, 5) is 28.3. The normalized spacial score (nSPS) is 10.8. The predicted octanol–water partition coefficient (Wildman–Crippen LogP) is 3.37. The second-order valence-corrected chi connectivity index (χ2v) is 7.34. The van der Waals surface area contributed by atoms with Crippen LogP contribution in [-0.4, -0.2) is 55.4 Å². The van der Waals surface area contributed by atoms with Crippen LogP contribution in [0.4, 0.5) is 10.1 Å². The first-order chi connectivity index (χ1) is 14.2. The van der Waals surface area contributed by atoms with Crippen LogP contribution in [0.1, 0.15) is 23.6 Å². The van der Waals surface area contributed by atoms with E-state index in [2.05, 4.69) is 5.32 Å². The van der Waals surface area contributed by atoms with Crippen LogP contribution >= 0.6 is 0 Å². The van der Waals surface area contributed by atoms with E-state index in [0.29, 0.717) is 13.1 Å². The number of methoxy groups -OCH3 is 1. The number of halogens is 1. The van der Waals surface area contributed by atoms with E-state index in [1.165, 1.54) is 18.1 Å². The first-order valence-electron chi connectivity index (χ1n) is 9.90. The molecule has 2 amide bonds. The maximum absolute atomic E-state index is 13.9. The topological polar surface area (TPSA) is 61.9 Å². The van der Waals surface area contributed by atoms with Gasteiger partial charge in [-0.15, -0.1) is 0 Å². The summed E-state index contributed by atoms with van der Waals surface area (Å²) in [5, 5.41) is 2.89. The van der Waals surface area contributed by atoms with Crippen molar-refractivity contribution >= 4 is 17.5 Å². The van der Waals surface area contributed by atoms with Gasteiger partial charge < -0.3 is 15.0 Å². The second-order valence-electron chi connectivity index (χ2n) is 7.34. The van der Waals surface area contributed by atoms with Gasteiger partial charge in [-0.25, -0.2) is 4.39 Å². The third kappa shape index (κ3) is 6.29. The smallest absolute Gasteiger partial charge is 0.243 e. The van der Waals surface area contributed by atoms with Crippen LogP contribution in [0.5, 0.6) is 5.75 Å². The number of amides is 2. The van der Waals surface area contributed by atoms with E-state index in [-0.39, 0.29) is 30.7 Å². The summed E-state index contributed by atoms with van der Waals surface area (Å²) in [7, 11) is 3.02. The number of likely N-dealkylation sites (N-methyl/N-ethyl adjacent to an activating group) is 2. The average molecular weight is 416 g/mol. The van der Waals surface area contributed by atoms with Crippen molar-refractivity contribution in [2.24, 2.45) is 0 Å². The Morgan fingerprint density at radius 1 is 1.10 bits per heavy atom. The van der Waals surface area contributed by atoms with E-state index >= 15 is 0 Å². The Hall–Kier alpha value is -2.93. The van der Waals surface area contributed by atoms with Gasteiger partial charge in [-0.3, -0.25) is 14.5 Å². The third-order valence-corrected chi connectivity index (χ3v) is 4.98. The Labute approximate surface area is 177 Å². The van der Waals surface area contributed by atoms with E-state index in [4.69, 9.17) is 4.74 Å². The lowest BCUT2D eigenvalue weighted by atomic mass is 10.1. The number of anilines is 1. The number of carbonyl (C=O) groups is 2. The van der Waals surface area contributed by atoms with E-state index in [1.54, 1.807) is 19.2 Å². The number of rotatable bonds is 9. The summed E-state index contributed by atoms with van der Waals surface area (Å²) in [6.45, 7) is 6.92. The van der Waals surface area contributed by atoms with E-state index < -0.39 is 5.82 Å². The molecule has 2 aromatic rings. The summed E-state index contributed by atoms with van der Waals surface area (Å²) >= 11 is 0. The van der Waals surface area contributed by atoms with Gasteiger partial charge in [-0.05, 0) is 49.2 Å². The molecule has 2 rings (SSSR count). The van der Waals surface area contributed by atoms with Gasteiger partial charge in [0.1, 0.15) is 0 Å². The first-order valence-corrected chi connectivity index (χ1v) is 9.90. The summed E-state index contributed by atoms with van der Waals surface area (Å²) in [6, 6.07) is 10.6. The molecule has 0 saturated carbocycles. The zero-order valence-corrected chi connectivity index (χ0v) is 18.3. The Morgan fingerprint density at radius 3 is 2.33 bits per heavy atom. The molecular weight excluding hydrogens is 385 g/mol. The van der Waals surface area contributed by atoms with Gasteiger partial charge in [-0.1, -0.05) is 31.2 Å². The molecule has 0 spiro atoms. The molecule has 0 aliphatic heterocycles. The molecule has 0 saturated heterocycles. The van der Waals surface area contributed by atoms with Crippen molar-refractivity contribution in [1.29, 1.82) is 0 Å². The number of hydrogen-bond donors (Lipinski definition) is 1. The first kappa shape index (κ1) is 23.3. The highest BCUT2D eigenvalue weighted by atomic mass is 19.1. The maximum atomic E-state index is 13.9. The number of nitrogens with one attached hydrogen (secondary N) is 1. The molecule has 0 unspecified atom stereocenters. The fourth-order valence-electron chi connectivity index (χ4n) is 3.15. The lowest BCUT2D eigenvalue weighted by Gasteiger charge is -2.24. The standard InChI is InChI=1S/C23H30FN3O3/c1-6-27(13-18-10-11-20(30-5)19(24)12-18)15-22(29)26(4)14-21(28)25-23-16(2)8-7-9-17(23)3/h7-12H,6,13-15H2,1-5H3,(H,25,28). The van der Waals surface area contributed by atoms with Gasteiger partial charge >= 0.3 is 0 Å². The number of aryl methyl sites for hydroxylation is 2. The predicted molar refractivity (Wildman–Crippen MR) is 116 cm³/mol. The molecule has 0 aromatic heterocycles. The highest BCUT2D eigenvalue weighted by Crippen LogP contribution is 2.20. The molecular formula is C23H30FN3O3. The van der Waals surface area contributed by atoms with Crippen LogP contribution < -0.4 is 10.1 Å². The van der Waals surface area contributed by atoms with Gasteiger partial charge in [0.2, 0.25) is 11.8 Å². The summed E-state index contributed by atoms with van der Waals surface area (Å²) in [6.07, 6.45) is 0. The molecule has 6 nitrogen and oxygen atoms in total. The van der Waals surface area contributed by atoms with Crippen molar-refractivity contribution < 1.29 is 18.7 Å². The fourth-order valence-corrected chi connectivity index (χ4v) is 3.15. The van der Waals surface area contributed by atoms with Gasteiger partial charge in [0.25, 0.3) is 0 Å². The monoisotopic (exact) mass is 415 g/mol. The fraction of sp³-hybridized carbons (Fsp3) is 0.391. The highest BCUT2D eigenvalue weighted by molar-refractivity contribution is 5.95. The molecule has 7 heteroatoms. The minimum absolute atomic E-state index is 0.0404. The number of carbonyl (C=O) groups excluding carboxylic acids is 2. The van der Waals surface area contributed by atoms with E-state index in [0.717, 1.165) is 22.4 Å². The average Bonchev–Trinajstić information content (AvgIpc) is 2.70. The van der Waals surface area contributed by atoms with Crippen molar-refractivity contribution in [1.82, 2.24) is 9.80 Å². The lowest BCUT2D eigenvalue weighted by molar-refractivity contribution is -0.134. The Morgan fingerprint density at radius 2 is 1.77 bits per heavy atom. The number of hydrogen-bond acceptors (Lipinski definition) is 4. The molecule has 0 aliphatic carbocycles. The lowest BCUT2D eigenvalue weighted by Crippen LogP contribution is -2.41. The molecule has 0 bridgehead atoms. The van der Waals surface area contributed by atoms with Crippen molar-refractivity contribution in [3.05, 3.63) is 58.9 Å². The summed E-state index contributed by atoms with van der Waals surface area (Å²) in [5.41, 5.74) is 3.47. The zero-order valence-electron chi connectivity index (χ0n) is 18.3. The van der Waals surface area contributed by atoms with E-state index in [1.807, 2.05) is 43.9 Å². The van der Waals surface area contributed by atoms with Crippen LogP contribution in [0.2, 0.25) is 0 Å². The number of para-hydroxylation sites is 1. The number of nitrogens with zero attached hydrogens (tertiary/aromatic N) is 2. The summed E-state index contributed by atoms with van der Waals surface area (Å²) < 4.78 is 18.8. The molecule has 0 heterocycles. The number of benzene rings is 2. The van der Waals surface area contributed by atoms with Crippen molar-refractivity contribution in [2.75, 3.05) is 39.1 Å². The number of ether oxygens (including phenoxy) is 1. The Balaban J connectivity index is 1.93. The van der Waals surface area contributed by atoms with Gasteiger partial charge in [0.05, 0.1) is 20.2 Å². The van der Waals surface area contributed by atoms with Gasteiger partial charge in [0.15, 0.2) is 11.6 Å². The molecule has 0 radical (unpaired) electrons. The van der Waals surface area contributed by atoms with Crippen LogP contribution in [0, 0.1) is 19.7 Å². The van der Waals surface area contributed by atoms with Crippen LogP contribution in [0.25, 0.3) is 0 Å². The van der Waals surface area contributed by atoms with Gasteiger partial charge in [0, 0.05) is 19.3 Å². The van der Waals surface area contributed by atoms with Crippen molar-refractivity contribution in [3.63, 3.8) is 0 Å². The van der Waals surface area contributed by atoms with Crippen molar-refractivity contribution in [2.45, 2.75) is 27.3 Å². The highest BCUT2D eigenvalue weighted by Gasteiger charge is 2.17. The third-order valence-electron chi connectivity index (χ3n) is 4.98. The molecule has 2 aromatic carbocycles. The van der Waals surface area contributed by atoms with Crippen LogP contribution in [0.3, 0.4) is 0 Å². The summed E-state index contributed by atoms with van der Waals surface area (Å²) in [5.74, 6) is -0.670. The molecule has 162 valence electrons. The SMILES string of the molecule is CCN(CC(=O)N(C)CC(=O)Nc1c(C)cccc1C)Cc1ccc(OC)c(F)c1. The minimum Gasteiger partial charge on any atom is -0.494 e. The molecule has 0 fully saturated rings.